The van der Waals surface area contributed by atoms with E-state index < -0.39 is 0 Å². The van der Waals surface area contributed by atoms with Gasteiger partial charge in [0, 0.05) is 43.3 Å². The van der Waals surface area contributed by atoms with Gasteiger partial charge in [-0.25, -0.2) is 0 Å². The van der Waals surface area contributed by atoms with Crippen LogP contribution in [0, 0.1) is 5.92 Å². The number of hydrogen-bond acceptors (Lipinski definition) is 4. The second-order valence-electron chi connectivity index (χ2n) is 6.69. The Kier molecular flexibility index (Phi) is 9.47. The zero-order chi connectivity index (χ0) is 16.6. The van der Waals surface area contributed by atoms with E-state index in [0.29, 0.717) is 12.0 Å². The Morgan fingerprint density at radius 2 is 2.28 bits per heavy atom. The lowest BCUT2D eigenvalue weighted by Crippen LogP contribution is -2.43. The Hall–Kier alpha value is -0.410. The standard InChI is InChI=1S/C18H29N3O2S.HI/c1-24-17-5-4-15(11-17)21-18(20-12-14-7-10-22-13-14)19-8-6-16-3-2-9-23-16;/h2-3,9,14-15,17H,4-8,10-13H2,1H3,(H2,19,20,21);1H. The number of rotatable bonds is 7. The van der Waals surface area contributed by atoms with Gasteiger partial charge in [-0.2, -0.15) is 11.8 Å². The van der Waals surface area contributed by atoms with Crippen LogP contribution in [0.25, 0.3) is 0 Å². The molecule has 25 heavy (non-hydrogen) atoms. The quantitative estimate of drug-likeness (QED) is 0.357. The zero-order valence-electron chi connectivity index (χ0n) is 14.9. The molecule has 3 unspecified atom stereocenters. The maximum absolute atomic E-state index is 5.46. The molecule has 0 spiro atoms. The Balaban J connectivity index is 0.00000225. The molecule has 2 aliphatic rings. The van der Waals surface area contributed by atoms with Crippen LogP contribution in [0.3, 0.4) is 0 Å². The summed E-state index contributed by atoms with van der Waals surface area (Å²) in [7, 11) is 0. The van der Waals surface area contributed by atoms with Crippen LogP contribution in [0.1, 0.15) is 31.4 Å². The summed E-state index contributed by atoms with van der Waals surface area (Å²) in [5, 5.41) is 7.90. The molecule has 0 bridgehead atoms. The van der Waals surface area contributed by atoms with Gasteiger partial charge in [0.2, 0.25) is 0 Å². The van der Waals surface area contributed by atoms with Crippen molar-refractivity contribution in [2.24, 2.45) is 10.9 Å². The molecular formula is C18H30IN3O2S. The summed E-state index contributed by atoms with van der Waals surface area (Å²) >= 11 is 1.98. The number of nitrogens with one attached hydrogen (secondary N) is 2. The van der Waals surface area contributed by atoms with E-state index in [9.17, 15) is 0 Å². The highest BCUT2D eigenvalue weighted by molar-refractivity contribution is 14.0. The number of hydrogen-bond donors (Lipinski definition) is 2. The lowest BCUT2D eigenvalue weighted by molar-refractivity contribution is 0.187. The lowest BCUT2D eigenvalue weighted by atomic mass is 10.1. The molecule has 0 amide bonds. The van der Waals surface area contributed by atoms with Crippen molar-refractivity contribution in [2.75, 3.05) is 32.6 Å². The topological polar surface area (TPSA) is 58.8 Å². The van der Waals surface area contributed by atoms with Crippen LogP contribution in [-0.2, 0) is 11.2 Å². The van der Waals surface area contributed by atoms with Crippen LogP contribution in [0.4, 0.5) is 0 Å². The van der Waals surface area contributed by atoms with Gasteiger partial charge in [-0.15, -0.1) is 24.0 Å². The highest BCUT2D eigenvalue weighted by atomic mass is 127. The molecule has 0 radical (unpaired) electrons. The van der Waals surface area contributed by atoms with E-state index in [1.165, 1.54) is 19.3 Å². The Morgan fingerprint density at radius 1 is 1.36 bits per heavy atom. The highest BCUT2D eigenvalue weighted by Crippen LogP contribution is 2.28. The summed E-state index contributed by atoms with van der Waals surface area (Å²) < 4.78 is 10.9. The Bertz CT molecular complexity index is 506. The molecule has 2 heterocycles. The molecule has 142 valence electrons. The van der Waals surface area contributed by atoms with E-state index in [-0.39, 0.29) is 24.0 Å². The van der Waals surface area contributed by atoms with Crippen LogP contribution < -0.4 is 10.6 Å². The van der Waals surface area contributed by atoms with Gasteiger partial charge in [0.05, 0.1) is 12.9 Å². The fraction of sp³-hybridized carbons (Fsp3) is 0.722. The summed E-state index contributed by atoms with van der Waals surface area (Å²) in [6.07, 6.45) is 9.70. The maximum atomic E-state index is 5.46. The van der Waals surface area contributed by atoms with Gasteiger partial charge in [-0.1, -0.05) is 0 Å². The van der Waals surface area contributed by atoms with Crippen LogP contribution in [0.15, 0.2) is 27.8 Å². The zero-order valence-corrected chi connectivity index (χ0v) is 18.1. The second kappa shape index (κ2) is 11.3. The molecule has 1 saturated carbocycles. The van der Waals surface area contributed by atoms with E-state index >= 15 is 0 Å². The predicted molar refractivity (Wildman–Crippen MR) is 115 cm³/mol. The smallest absolute Gasteiger partial charge is 0.191 e. The molecule has 1 saturated heterocycles. The molecule has 1 aliphatic carbocycles. The van der Waals surface area contributed by atoms with E-state index in [1.54, 1.807) is 6.26 Å². The molecule has 7 heteroatoms. The average Bonchev–Trinajstić information content (AvgIpc) is 3.34. The lowest BCUT2D eigenvalue weighted by Gasteiger charge is -2.18. The van der Waals surface area contributed by atoms with E-state index in [0.717, 1.165) is 56.1 Å². The second-order valence-corrected chi connectivity index (χ2v) is 7.83. The van der Waals surface area contributed by atoms with Crippen molar-refractivity contribution in [3.63, 3.8) is 0 Å². The minimum Gasteiger partial charge on any atom is -0.469 e. The third-order valence-corrected chi connectivity index (χ3v) is 5.93. The van der Waals surface area contributed by atoms with Crippen LogP contribution >= 0.6 is 35.7 Å². The van der Waals surface area contributed by atoms with E-state index in [4.69, 9.17) is 14.1 Å². The molecule has 1 aliphatic heterocycles. The van der Waals surface area contributed by atoms with Crippen molar-refractivity contribution in [1.82, 2.24) is 10.6 Å². The van der Waals surface area contributed by atoms with Gasteiger partial charge in [0.1, 0.15) is 5.76 Å². The minimum absolute atomic E-state index is 0. The number of nitrogens with zero attached hydrogens (tertiary/aromatic N) is 1. The molecule has 1 aromatic rings. The van der Waals surface area contributed by atoms with Crippen LogP contribution in [0.5, 0.6) is 0 Å². The van der Waals surface area contributed by atoms with Gasteiger partial charge in [-0.05, 0) is 44.1 Å². The summed E-state index contributed by atoms with van der Waals surface area (Å²) in [4.78, 5) is 4.82. The molecule has 5 nitrogen and oxygen atoms in total. The van der Waals surface area contributed by atoms with Gasteiger partial charge >= 0.3 is 0 Å². The fourth-order valence-corrected chi connectivity index (χ4v) is 4.13. The average molecular weight is 479 g/mol. The van der Waals surface area contributed by atoms with Gasteiger partial charge in [-0.3, -0.25) is 4.99 Å². The normalized spacial score (nSPS) is 26.4. The summed E-state index contributed by atoms with van der Waals surface area (Å²) in [5.41, 5.74) is 0. The third-order valence-electron chi connectivity index (χ3n) is 4.83. The summed E-state index contributed by atoms with van der Waals surface area (Å²) in [6, 6.07) is 4.49. The van der Waals surface area contributed by atoms with Gasteiger partial charge < -0.3 is 19.8 Å². The minimum atomic E-state index is 0. The molecular weight excluding hydrogens is 449 g/mol. The molecule has 2 fully saturated rings. The summed E-state index contributed by atoms with van der Waals surface area (Å²) in [5.74, 6) is 2.52. The summed E-state index contributed by atoms with van der Waals surface area (Å²) in [6.45, 7) is 3.40. The van der Waals surface area contributed by atoms with Crippen molar-refractivity contribution in [3.05, 3.63) is 24.2 Å². The molecule has 0 aromatic carbocycles. The molecule has 1 aromatic heterocycles. The highest BCUT2D eigenvalue weighted by Gasteiger charge is 2.24. The number of furan rings is 1. The SMILES string of the molecule is CSC1CCC(NC(=NCC2CCOC2)NCCc2ccco2)C1.I. The third kappa shape index (κ3) is 7.02. The number of thioether (sulfide) groups is 1. The first-order chi connectivity index (χ1) is 11.8. The van der Waals surface area contributed by atoms with Crippen molar-refractivity contribution < 1.29 is 9.15 Å². The van der Waals surface area contributed by atoms with Crippen LogP contribution in [-0.4, -0.2) is 49.8 Å². The number of guanidine groups is 1. The largest absolute Gasteiger partial charge is 0.469 e. The number of aliphatic imine (C=N–C) groups is 1. The van der Waals surface area contributed by atoms with Gasteiger partial charge in [0.15, 0.2) is 5.96 Å². The fourth-order valence-electron chi connectivity index (χ4n) is 3.34. The monoisotopic (exact) mass is 479 g/mol. The van der Waals surface area contributed by atoms with E-state index in [1.807, 2.05) is 23.9 Å². The predicted octanol–water partition coefficient (Wildman–Crippen LogP) is 3.30. The van der Waals surface area contributed by atoms with Crippen molar-refractivity contribution >= 4 is 41.7 Å². The van der Waals surface area contributed by atoms with Crippen molar-refractivity contribution in [2.45, 2.75) is 43.4 Å². The molecule has 2 N–H and O–H groups in total. The van der Waals surface area contributed by atoms with Crippen molar-refractivity contribution in [1.29, 1.82) is 0 Å². The first-order valence-corrected chi connectivity index (χ1v) is 10.3. The first-order valence-electron chi connectivity index (χ1n) is 9.01. The van der Waals surface area contributed by atoms with Gasteiger partial charge in [0.25, 0.3) is 0 Å². The molecule has 3 atom stereocenters. The maximum Gasteiger partial charge on any atom is 0.191 e. The van der Waals surface area contributed by atoms with Crippen molar-refractivity contribution in [3.8, 4) is 0 Å². The first kappa shape index (κ1) is 20.9. The molecule has 3 rings (SSSR count). The Labute approximate surface area is 172 Å². The van der Waals surface area contributed by atoms with Crippen LogP contribution in [0.2, 0.25) is 0 Å². The number of ether oxygens (including phenoxy) is 1. The number of halogens is 1. The van der Waals surface area contributed by atoms with E-state index in [2.05, 4.69) is 16.9 Å². The Morgan fingerprint density at radius 3 is 2.96 bits per heavy atom.